The van der Waals surface area contributed by atoms with E-state index in [2.05, 4.69) is 4.98 Å². The van der Waals surface area contributed by atoms with Gasteiger partial charge >= 0.3 is 0 Å². The molecule has 2 heterocycles. The number of pyridine rings is 1. The Hall–Kier alpha value is -1.23. The van der Waals surface area contributed by atoms with Gasteiger partial charge in [-0.2, -0.15) is 11.3 Å². The van der Waals surface area contributed by atoms with E-state index in [1.54, 1.807) is 17.5 Å². The summed E-state index contributed by atoms with van der Waals surface area (Å²) in [5.41, 5.74) is 7.46. The number of thiophene rings is 1. The van der Waals surface area contributed by atoms with E-state index in [1.165, 1.54) is 0 Å². The van der Waals surface area contributed by atoms with Crippen molar-refractivity contribution in [1.82, 2.24) is 4.98 Å². The van der Waals surface area contributed by atoms with Crippen molar-refractivity contribution in [3.05, 3.63) is 52.5 Å². The van der Waals surface area contributed by atoms with Crippen LogP contribution in [0.15, 0.2) is 41.2 Å². The molecule has 0 fully saturated rings. The fourth-order valence-corrected chi connectivity index (χ4v) is 2.37. The summed E-state index contributed by atoms with van der Waals surface area (Å²) >= 11 is 1.57. The number of nitrogens with zero attached hydrogens (tertiary/aromatic N) is 1. The molecule has 4 heteroatoms. The molecule has 2 rings (SSSR count). The zero-order valence-electron chi connectivity index (χ0n) is 8.78. The van der Waals surface area contributed by atoms with Gasteiger partial charge in [-0.05, 0) is 34.5 Å². The Morgan fingerprint density at radius 1 is 1.38 bits per heavy atom. The quantitative estimate of drug-likeness (QED) is 0.849. The van der Waals surface area contributed by atoms with Crippen LogP contribution in [0.3, 0.4) is 0 Å². The topological polar surface area (TPSA) is 59.1 Å². The lowest BCUT2D eigenvalue weighted by atomic mass is 9.94. The summed E-state index contributed by atoms with van der Waals surface area (Å²) in [6, 6.07) is 7.58. The summed E-state index contributed by atoms with van der Waals surface area (Å²) in [5, 5.41) is 14.1. The summed E-state index contributed by atoms with van der Waals surface area (Å²) in [6.45, 7) is 0.383. The first-order valence-corrected chi connectivity index (χ1v) is 6.08. The molecule has 2 atom stereocenters. The Balaban J connectivity index is 2.23. The van der Waals surface area contributed by atoms with Gasteiger partial charge in [-0.15, -0.1) is 0 Å². The van der Waals surface area contributed by atoms with Crippen molar-refractivity contribution in [1.29, 1.82) is 0 Å². The molecule has 0 bridgehead atoms. The van der Waals surface area contributed by atoms with Gasteiger partial charge in [0.25, 0.3) is 0 Å². The predicted molar refractivity (Wildman–Crippen MR) is 65.3 cm³/mol. The average Bonchev–Trinajstić information content (AvgIpc) is 2.85. The molecule has 16 heavy (non-hydrogen) atoms. The van der Waals surface area contributed by atoms with Crippen molar-refractivity contribution in [2.24, 2.45) is 5.73 Å². The SMILES string of the molecule is NCC(c1ccccn1)C(O)c1ccsc1. The molecule has 2 aromatic rings. The fourth-order valence-electron chi connectivity index (χ4n) is 1.68. The first-order chi connectivity index (χ1) is 7.83. The molecule has 0 aliphatic rings. The second-order valence-corrected chi connectivity index (χ2v) is 4.38. The van der Waals surface area contributed by atoms with Crippen LogP contribution in [0, 0.1) is 0 Å². The normalized spacial score (nSPS) is 14.6. The maximum absolute atomic E-state index is 10.2. The van der Waals surface area contributed by atoms with Gasteiger partial charge in [0.1, 0.15) is 0 Å². The third-order valence-electron chi connectivity index (χ3n) is 2.59. The molecule has 0 saturated carbocycles. The van der Waals surface area contributed by atoms with Crippen LogP contribution in [0.2, 0.25) is 0 Å². The van der Waals surface area contributed by atoms with Gasteiger partial charge in [0.2, 0.25) is 0 Å². The van der Waals surface area contributed by atoms with Crippen LogP contribution >= 0.6 is 11.3 Å². The van der Waals surface area contributed by atoms with Gasteiger partial charge in [0, 0.05) is 24.4 Å². The number of hydrogen-bond acceptors (Lipinski definition) is 4. The van der Waals surface area contributed by atoms with Crippen LogP contribution in [0.1, 0.15) is 23.3 Å². The van der Waals surface area contributed by atoms with Crippen LogP contribution in [0.4, 0.5) is 0 Å². The molecule has 0 radical (unpaired) electrons. The van der Waals surface area contributed by atoms with Gasteiger partial charge in [-0.25, -0.2) is 0 Å². The van der Waals surface area contributed by atoms with E-state index in [0.717, 1.165) is 11.3 Å². The first kappa shape index (κ1) is 11.3. The molecule has 0 aromatic carbocycles. The Labute approximate surface area is 98.6 Å². The Morgan fingerprint density at radius 2 is 2.25 bits per heavy atom. The molecule has 3 nitrogen and oxygen atoms in total. The molecule has 2 aromatic heterocycles. The zero-order chi connectivity index (χ0) is 11.4. The molecule has 0 amide bonds. The average molecular weight is 234 g/mol. The standard InChI is InChI=1S/C12H14N2OS/c13-7-10(11-3-1-2-5-14-11)12(15)9-4-6-16-8-9/h1-6,8,10,12,15H,7,13H2. The highest BCUT2D eigenvalue weighted by Crippen LogP contribution is 2.29. The van der Waals surface area contributed by atoms with Crippen molar-refractivity contribution >= 4 is 11.3 Å². The molecular formula is C12H14N2OS. The lowest BCUT2D eigenvalue weighted by Gasteiger charge is -2.20. The third kappa shape index (κ3) is 2.29. The van der Waals surface area contributed by atoms with Crippen LogP contribution in [0.5, 0.6) is 0 Å². The Morgan fingerprint density at radius 3 is 2.81 bits per heavy atom. The van der Waals surface area contributed by atoms with E-state index in [9.17, 15) is 5.11 Å². The summed E-state index contributed by atoms with van der Waals surface area (Å²) in [5.74, 6) is -0.143. The smallest absolute Gasteiger partial charge is 0.0893 e. The molecular weight excluding hydrogens is 220 g/mol. The van der Waals surface area contributed by atoms with Crippen molar-refractivity contribution in [3.8, 4) is 0 Å². The Kier molecular flexibility index (Phi) is 3.66. The number of nitrogens with two attached hydrogens (primary N) is 1. The van der Waals surface area contributed by atoms with Crippen LogP contribution in [-0.4, -0.2) is 16.6 Å². The van der Waals surface area contributed by atoms with E-state index in [-0.39, 0.29) is 5.92 Å². The van der Waals surface area contributed by atoms with Crippen molar-refractivity contribution < 1.29 is 5.11 Å². The van der Waals surface area contributed by atoms with Gasteiger partial charge in [-0.1, -0.05) is 6.07 Å². The van der Waals surface area contributed by atoms with E-state index in [1.807, 2.05) is 35.0 Å². The first-order valence-electron chi connectivity index (χ1n) is 5.14. The number of rotatable bonds is 4. The largest absolute Gasteiger partial charge is 0.388 e. The van der Waals surface area contributed by atoms with E-state index in [4.69, 9.17) is 5.73 Å². The third-order valence-corrected chi connectivity index (χ3v) is 3.29. The number of aromatic nitrogens is 1. The lowest BCUT2D eigenvalue weighted by Crippen LogP contribution is -2.20. The minimum absolute atomic E-state index is 0.143. The van der Waals surface area contributed by atoms with Crippen molar-refractivity contribution in [2.45, 2.75) is 12.0 Å². The number of aliphatic hydroxyl groups excluding tert-OH is 1. The predicted octanol–water partition coefficient (Wildman–Crippen LogP) is 1.92. The van der Waals surface area contributed by atoms with Gasteiger partial charge in [0.15, 0.2) is 0 Å². The minimum Gasteiger partial charge on any atom is -0.388 e. The van der Waals surface area contributed by atoms with Gasteiger partial charge in [-0.3, -0.25) is 4.98 Å². The van der Waals surface area contributed by atoms with Gasteiger partial charge in [0.05, 0.1) is 6.10 Å². The summed E-state index contributed by atoms with van der Waals surface area (Å²) in [7, 11) is 0. The summed E-state index contributed by atoms with van der Waals surface area (Å²) < 4.78 is 0. The molecule has 0 aliphatic carbocycles. The van der Waals surface area contributed by atoms with Crippen LogP contribution < -0.4 is 5.73 Å². The molecule has 3 N–H and O–H groups in total. The maximum Gasteiger partial charge on any atom is 0.0893 e. The fraction of sp³-hybridized carbons (Fsp3) is 0.250. The molecule has 0 aliphatic heterocycles. The number of aliphatic hydroxyl groups is 1. The monoisotopic (exact) mass is 234 g/mol. The van der Waals surface area contributed by atoms with E-state index in [0.29, 0.717) is 6.54 Å². The van der Waals surface area contributed by atoms with E-state index < -0.39 is 6.10 Å². The number of hydrogen-bond donors (Lipinski definition) is 2. The molecule has 84 valence electrons. The van der Waals surface area contributed by atoms with Crippen molar-refractivity contribution in [3.63, 3.8) is 0 Å². The Bertz CT molecular complexity index is 416. The molecule has 0 saturated heterocycles. The van der Waals surface area contributed by atoms with Crippen LogP contribution in [0.25, 0.3) is 0 Å². The second-order valence-electron chi connectivity index (χ2n) is 3.60. The molecule has 2 unspecified atom stereocenters. The minimum atomic E-state index is -0.578. The lowest BCUT2D eigenvalue weighted by molar-refractivity contribution is 0.146. The highest BCUT2D eigenvalue weighted by molar-refractivity contribution is 7.07. The summed E-state index contributed by atoms with van der Waals surface area (Å²) in [4.78, 5) is 4.24. The second kappa shape index (κ2) is 5.21. The van der Waals surface area contributed by atoms with Crippen molar-refractivity contribution in [2.75, 3.05) is 6.54 Å². The van der Waals surface area contributed by atoms with Gasteiger partial charge < -0.3 is 10.8 Å². The zero-order valence-corrected chi connectivity index (χ0v) is 9.60. The van der Waals surface area contributed by atoms with Crippen LogP contribution in [-0.2, 0) is 0 Å². The molecule has 0 spiro atoms. The van der Waals surface area contributed by atoms with E-state index >= 15 is 0 Å². The summed E-state index contributed by atoms with van der Waals surface area (Å²) in [6.07, 6.45) is 1.14. The highest BCUT2D eigenvalue weighted by Gasteiger charge is 2.22. The highest BCUT2D eigenvalue weighted by atomic mass is 32.1. The maximum atomic E-state index is 10.2.